The number of hydrogen-bond donors (Lipinski definition) is 1. The zero-order valence-electron chi connectivity index (χ0n) is 12.4. The van der Waals surface area contributed by atoms with Crippen molar-refractivity contribution in [2.24, 2.45) is 0 Å². The van der Waals surface area contributed by atoms with E-state index >= 15 is 0 Å². The van der Waals surface area contributed by atoms with Crippen molar-refractivity contribution in [1.29, 1.82) is 0 Å². The van der Waals surface area contributed by atoms with Crippen LogP contribution in [0.5, 0.6) is 0 Å². The van der Waals surface area contributed by atoms with Gasteiger partial charge in [-0.15, -0.1) is 0 Å². The molecule has 0 unspecified atom stereocenters. The van der Waals surface area contributed by atoms with E-state index in [0.29, 0.717) is 16.7 Å². The van der Waals surface area contributed by atoms with Crippen molar-refractivity contribution in [3.63, 3.8) is 0 Å². The van der Waals surface area contributed by atoms with Crippen LogP contribution in [0, 0.1) is 5.82 Å². The van der Waals surface area contributed by atoms with Crippen LogP contribution in [0.25, 0.3) is 0 Å². The third-order valence-electron chi connectivity index (χ3n) is 3.79. The Morgan fingerprint density at radius 3 is 2.74 bits per heavy atom. The number of nitrogens with zero attached hydrogens (tertiary/aromatic N) is 1. The molecule has 23 heavy (non-hydrogen) atoms. The second-order valence-electron chi connectivity index (χ2n) is 5.34. The molecule has 0 atom stereocenters. The van der Waals surface area contributed by atoms with Gasteiger partial charge in [0.15, 0.2) is 0 Å². The van der Waals surface area contributed by atoms with Gasteiger partial charge < -0.3 is 10.2 Å². The maximum atomic E-state index is 13.3. The Bertz CT molecular complexity index is 807. The highest BCUT2D eigenvalue weighted by Crippen LogP contribution is 2.31. The molecule has 2 amide bonds. The molecule has 0 fully saturated rings. The third kappa shape index (κ3) is 3.12. The van der Waals surface area contributed by atoms with Gasteiger partial charge in [0.25, 0.3) is 5.91 Å². The lowest BCUT2D eigenvalue weighted by Gasteiger charge is -2.15. The van der Waals surface area contributed by atoms with Crippen molar-refractivity contribution in [3.8, 4) is 0 Å². The summed E-state index contributed by atoms with van der Waals surface area (Å²) in [6.45, 7) is 2.18. The molecule has 1 aliphatic heterocycles. The van der Waals surface area contributed by atoms with Crippen LogP contribution in [0.3, 0.4) is 0 Å². The zero-order chi connectivity index (χ0) is 16.6. The van der Waals surface area contributed by atoms with Gasteiger partial charge in [-0.05, 0) is 64.3 Å². The number of fused-ring (bicyclic) bond motifs is 1. The minimum atomic E-state index is -0.468. The Balaban J connectivity index is 1.83. The second-order valence-corrected chi connectivity index (χ2v) is 6.20. The fourth-order valence-electron chi connectivity index (χ4n) is 2.68. The number of rotatable bonds is 2. The van der Waals surface area contributed by atoms with E-state index in [4.69, 9.17) is 0 Å². The largest absolute Gasteiger partial charge is 0.322 e. The predicted octanol–water partition coefficient (Wildman–Crippen LogP) is 3.75. The Morgan fingerprint density at radius 1 is 1.22 bits per heavy atom. The molecule has 0 radical (unpaired) electrons. The zero-order valence-corrected chi connectivity index (χ0v) is 14.0. The van der Waals surface area contributed by atoms with Gasteiger partial charge in [0.05, 0.1) is 5.56 Å². The summed E-state index contributed by atoms with van der Waals surface area (Å²) in [6.07, 6.45) is 0.752. The minimum Gasteiger partial charge on any atom is -0.322 e. The maximum absolute atomic E-state index is 13.3. The first kappa shape index (κ1) is 15.7. The number of nitrogens with one attached hydrogen (secondary N) is 1. The lowest BCUT2D eigenvalue weighted by atomic mass is 10.1. The van der Waals surface area contributed by atoms with Crippen molar-refractivity contribution >= 4 is 39.1 Å². The van der Waals surface area contributed by atoms with E-state index in [0.717, 1.165) is 17.7 Å². The van der Waals surface area contributed by atoms with Crippen LogP contribution in [0.15, 0.2) is 40.9 Å². The second kappa shape index (κ2) is 6.12. The Labute approximate surface area is 141 Å². The summed E-state index contributed by atoms with van der Waals surface area (Å²) in [5.41, 5.74) is 2.74. The monoisotopic (exact) mass is 376 g/mol. The van der Waals surface area contributed by atoms with E-state index in [1.807, 2.05) is 12.1 Å². The number of carbonyl (C=O) groups is 2. The quantitative estimate of drug-likeness (QED) is 0.867. The average molecular weight is 377 g/mol. The fourth-order valence-corrected chi connectivity index (χ4v) is 3.10. The predicted molar refractivity (Wildman–Crippen MR) is 90.2 cm³/mol. The molecule has 1 aliphatic rings. The molecule has 0 saturated heterocycles. The van der Waals surface area contributed by atoms with E-state index in [9.17, 15) is 14.0 Å². The van der Waals surface area contributed by atoms with Crippen LogP contribution in [-0.2, 0) is 11.2 Å². The molecule has 0 bridgehead atoms. The molecule has 0 saturated carbocycles. The summed E-state index contributed by atoms with van der Waals surface area (Å²) in [4.78, 5) is 25.5. The summed E-state index contributed by atoms with van der Waals surface area (Å²) < 4.78 is 13.8. The first-order chi connectivity index (χ1) is 11.0. The summed E-state index contributed by atoms with van der Waals surface area (Å²) in [7, 11) is 0. The summed E-state index contributed by atoms with van der Waals surface area (Å²) in [6, 6.07) is 9.38. The Kier molecular flexibility index (Phi) is 4.17. The summed E-state index contributed by atoms with van der Waals surface area (Å²) in [5, 5.41) is 2.76. The lowest BCUT2D eigenvalue weighted by molar-refractivity contribution is -0.116. The smallest absolute Gasteiger partial charge is 0.256 e. The molecular formula is C17H14BrFN2O2. The molecule has 1 heterocycles. The summed E-state index contributed by atoms with van der Waals surface area (Å²) in [5.74, 6) is -0.855. The van der Waals surface area contributed by atoms with Gasteiger partial charge >= 0.3 is 0 Å². The van der Waals surface area contributed by atoms with Crippen molar-refractivity contribution in [2.45, 2.75) is 13.3 Å². The third-order valence-corrected chi connectivity index (χ3v) is 4.48. The van der Waals surface area contributed by atoms with Gasteiger partial charge in [0.2, 0.25) is 5.91 Å². The highest BCUT2D eigenvalue weighted by molar-refractivity contribution is 9.10. The minimum absolute atomic E-state index is 0.00391. The van der Waals surface area contributed by atoms with Gasteiger partial charge in [0, 0.05) is 29.3 Å². The Hall–Kier alpha value is -2.21. The molecule has 0 aliphatic carbocycles. The van der Waals surface area contributed by atoms with Crippen molar-refractivity contribution in [3.05, 3.63) is 57.8 Å². The van der Waals surface area contributed by atoms with Gasteiger partial charge in [0.1, 0.15) is 5.82 Å². The first-order valence-corrected chi connectivity index (χ1v) is 7.92. The van der Waals surface area contributed by atoms with Crippen LogP contribution >= 0.6 is 15.9 Å². The molecule has 2 aromatic rings. The number of carbonyl (C=O) groups excluding carboxylic acids is 2. The number of amides is 2. The Morgan fingerprint density at radius 2 is 2.00 bits per heavy atom. The average Bonchev–Trinajstić information content (AvgIpc) is 2.93. The van der Waals surface area contributed by atoms with Crippen molar-refractivity contribution in [1.82, 2.24) is 0 Å². The van der Waals surface area contributed by atoms with Gasteiger partial charge in [-0.3, -0.25) is 9.59 Å². The molecular weight excluding hydrogens is 363 g/mol. The van der Waals surface area contributed by atoms with E-state index in [1.165, 1.54) is 25.1 Å². The molecule has 3 rings (SSSR count). The van der Waals surface area contributed by atoms with Gasteiger partial charge in [-0.25, -0.2) is 4.39 Å². The van der Waals surface area contributed by atoms with E-state index < -0.39 is 11.7 Å². The maximum Gasteiger partial charge on any atom is 0.256 e. The van der Waals surface area contributed by atoms with Gasteiger partial charge in [-0.1, -0.05) is 0 Å². The number of anilines is 2. The van der Waals surface area contributed by atoms with Crippen LogP contribution in [0.4, 0.5) is 15.8 Å². The molecule has 118 valence electrons. The van der Waals surface area contributed by atoms with Crippen LogP contribution in [0.1, 0.15) is 22.8 Å². The van der Waals surface area contributed by atoms with Crippen molar-refractivity contribution in [2.75, 3.05) is 16.8 Å². The number of hydrogen-bond acceptors (Lipinski definition) is 2. The molecule has 0 spiro atoms. The fraction of sp³-hybridized carbons (Fsp3) is 0.176. The van der Waals surface area contributed by atoms with Crippen LogP contribution in [-0.4, -0.2) is 18.4 Å². The first-order valence-electron chi connectivity index (χ1n) is 7.13. The molecule has 1 N–H and O–H groups in total. The van der Waals surface area contributed by atoms with E-state index in [1.54, 1.807) is 11.0 Å². The highest BCUT2D eigenvalue weighted by Gasteiger charge is 2.22. The van der Waals surface area contributed by atoms with E-state index in [-0.39, 0.29) is 11.5 Å². The summed E-state index contributed by atoms with van der Waals surface area (Å²) >= 11 is 3.25. The van der Waals surface area contributed by atoms with Crippen molar-refractivity contribution < 1.29 is 14.0 Å². The molecule has 0 aromatic heterocycles. The van der Waals surface area contributed by atoms with Gasteiger partial charge in [-0.2, -0.15) is 0 Å². The number of benzene rings is 2. The normalized spacial score (nSPS) is 12.9. The SMILES string of the molecule is CC(=O)N1CCc2cc(NC(=O)c3cc(F)ccc3Br)ccc21. The van der Waals surface area contributed by atoms with Crippen LogP contribution in [0.2, 0.25) is 0 Å². The standard InChI is InChI=1S/C17H14BrFN2O2/c1-10(22)21-7-6-11-8-13(3-5-16(11)21)20-17(23)14-9-12(19)2-4-15(14)18/h2-5,8-9H,6-7H2,1H3,(H,20,23). The lowest BCUT2D eigenvalue weighted by Crippen LogP contribution is -2.25. The highest BCUT2D eigenvalue weighted by atomic mass is 79.9. The number of halogens is 2. The van der Waals surface area contributed by atoms with E-state index in [2.05, 4.69) is 21.2 Å². The molecule has 6 heteroatoms. The molecule has 2 aromatic carbocycles. The topological polar surface area (TPSA) is 49.4 Å². The van der Waals surface area contributed by atoms with Crippen LogP contribution < -0.4 is 10.2 Å². The molecule has 4 nitrogen and oxygen atoms in total.